The van der Waals surface area contributed by atoms with Crippen LogP contribution in [0.15, 0.2) is 16.7 Å². The lowest BCUT2D eigenvalue weighted by atomic mass is 10.2. The summed E-state index contributed by atoms with van der Waals surface area (Å²) in [6.07, 6.45) is 3.66. The lowest BCUT2D eigenvalue weighted by Gasteiger charge is -2.22. The van der Waals surface area contributed by atoms with Crippen LogP contribution in [0.5, 0.6) is 0 Å². The first-order valence-electron chi connectivity index (χ1n) is 8.36. The molecule has 0 bridgehead atoms. The number of carbonyl (C=O) groups is 1. The molecule has 2 aromatic heterocycles. The molecule has 122 valence electrons. The molecule has 1 saturated heterocycles. The number of nitrogens with zero attached hydrogens (tertiary/aromatic N) is 3. The van der Waals surface area contributed by atoms with Crippen molar-refractivity contribution in [3.8, 4) is 0 Å². The van der Waals surface area contributed by atoms with Gasteiger partial charge in [0.05, 0.1) is 6.04 Å². The number of hydrogen-bond acceptors (Lipinski definition) is 5. The third-order valence-electron chi connectivity index (χ3n) is 4.85. The van der Waals surface area contributed by atoms with Crippen molar-refractivity contribution >= 4 is 17.2 Å². The van der Waals surface area contributed by atoms with Crippen molar-refractivity contribution in [1.82, 2.24) is 15.0 Å². The van der Waals surface area contributed by atoms with Crippen LogP contribution in [0, 0.1) is 12.8 Å². The fourth-order valence-corrected chi connectivity index (χ4v) is 4.55. The number of aryl methyl sites for hydroxylation is 2. The van der Waals surface area contributed by atoms with Gasteiger partial charge in [0.25, 0.3) is 0 Å². The van der Waals surface area contributed by atoms with Gasteiger partial charge in [0.1, 0.15) is 0 Å². The van der Waals surface area contributed by atoms with Gasteiger partial charge in [-0.25, -0.2) is 0 Å². The van der Waals surface area contributed by atoms with Gasteiger partial charge in [0.15, 0.2) is 5.82 Å². The average molecular weight is 331 g/mol. The Morgan fingerprint density at radius 2 is 2.35 bits per heavy atom. The minimum Gasteiger partial charge on any atom is -0.339 e. The number of hydrogen-bond donors (Lipinski definition) is 0. The normalized spacial score (nSPS) is 26.7. The Morgan fingerprint density at radius 3 is 3.04 bits per heavy atom. The Labute approximate surface area is 139 Å². The second kappa shape index (κ2) is 5.74. The standard InChI is InChI=1S/C17H21N3O2S/c1-3-15-18-16(19-22-15)13-5-4-8-20(13)17(21)12-9-11(12)14-7-6-10(2)23-14/h6-7,11-13H,3-5,8-9H2,1-2H3/t11-,12-,13+/m1/s1. The van der Waals surface area contributed by atoms with Gasteiger partial charge in [-0.2, -0.15) is 4.98 Å². The molecule has 23 heavy (non-hydrogen) atoms. The average Bonchev–Trinajstić information content (AvgIpc) is 2.96. The molecule has 0 aromatic carbocycles. The van der Waals surface area contributed by atoms with Crippen molar-refractivity contribution in [3.05, 3.63) is 33.6 Å². The van der Waals surface area contributed by atoms with Crippen molar-refractivity contribution in [2.24, 2.45) is 5.92 Å². The third-order valence-corrected chi connectivity index (χ3v) is 5.99. The molecule has 0 unspecified atom stereocenters. The van der Waals surface area contributed by atoms with Gasteiger partial charge in [-0.1, -0.05) is 12.1 Å². The Kier molecular flexibility index (Phi) is 3.71. The summed E-state index contributed by atoms with van der Waals surface area (Å²) in [6, 6.07) is 4.31. The van der Waals surface area contributed by atoms with Crippen LogP contribution >= 0.6 is 11.3 Å². The van der Waals surface area contributed by atoms with Crippen molar-refractivity contribution in [2.45, 2.75) is 51.5 Å². The second-order valence-electron chi connectivity index (χ2n) is 6.49. The highest BCUT2D eigenvalue weighted by Crippen LogP contribution is 2.51. The number of rotatable bonds is 4. The topological polar surface area (TPSA) is 59.2 Å². The third kappa shape index (κ3) is 2.69. The summed E-state index contributed by atoms with van der Waals surface area (Å²) in [4.78, 5) is 22.0. The van der Waals surface area contributed by atoms with Crippen LogP contribution in [-0.2, 0) is 11.2 Å². The van der Waals surface area contributed by atoms with Gasteiger partial charge >= 0.3 is 0 Å². The molecule has 4 rings (SSSR count). The van der Waals surface area contributed by atoms with Crippen LogP contribution in [0.4, 0.5) is 0 Å². The summed E-state index contributed by atoms with van der Waals surface area (Å²) >= 11 is 1.82. The van der Waals surface area contributed by atoms with E-state index < -0.39 is 0 Å². The monoisotopic (exact) mass is 331 g/mol. The van der Waals surface area contributed by atoms with E-state index in [1.807, 2.05) is 23.2 Å². The molecule has 1 saturated carbocycles. The summed E-state index contributed by atoms with van der Waals surface area (Å²) in [5.74, 6) is 2.16. The second-order valence-corrected chi connectivity index (χ2v) is 7.81. The van der Waals surface area contributed by atoms with E-state index in [-0.39, 0.29) is 17.9 Å². The quantitative estimate of drug-likeness (QED) is 0.861. The van der Waals surface area contributed by atoms with Crippen molar-refractivity contribution < 1.29 is 9.32 Å². The number of thiophene rings is 1. The van der Waals surface area contributed by atoms with Gasteiger partial charge in [-0.05, 0) is 38.3 Å². The van der Waals surface area contributed by atoms with E-state index >= 15 is 0 Å². The van der Waals surface area contributed by atoms with Crippen molar-refractivity contribution in [1.29, 1.82) is 0 Å². The maximum atomic E-state index is 12.9. The molecular formula is C17H21N3O2S. The molecule has 1 aliphatic carbocycles. The first-order chi connectivity index (χ1) is 11.2. The largest absolute Gasteiger partial charge is 0.339 e. The van der Waals surface area contributed by atoms with Gasteiger partial charge in [-0.15, -0.1) is 11.3 Å². The summed E-state index contributed by atoms with van der Waals surface area (Å²) in [5.41, 5.74) is 0. The summed E-state index contributed by atoms with van der Waals surface area (Å²) < 4.78 is 5.23. The number of aromatic nitrogens is 2. The molecule has 1 amide bonds. The molecule has 0 N–H and O–H groups in total. The first-order valence-corrected chi connectivity index (χ1v) is 9.18. The van der Waals surface area contributed by atoms with Crippen LogP contribution in [0.2, 0.25) is 0 Å². The molecule has 3 heterocycles. The highest BCUT2D eigenvalue weighted by atomic mass is 32.1. The first kappa shape index (κ1) is 14.9. The minimum absolute atomic E-state index is 0.00197. The van der Waals surface area contributed by atoms with E-state index in [0.717, 1.165) is 32.2 Å². The summed E-state index contributed by atoms with van der Waals surface area (Å²) in [5, 5.41) is 4.08. The van der Waals surface area contributed by atoms with Gasteiger partial charge in [-0.3, -0.25) is 4.79 Å². The van der Waals surface area contributed by atoms with Crippen molar-refractivity contribution in [2.75, 3.05) is 6.54 Å². The van der Waals surface area contributed by atoms with E-state index in [4.69, 9.17) is 4.52 Å². The van der Waals surface area contributed by atoms with Crippen LogP contribution in [0.25, 0.3) is 0 Å². The smallest absolute Gasteiger partial charge is 0.226 e. The molecule has 2 aliphatic rings. The minimum atomic E-state index is -0.00197. The molecule has 2 aromatic rings. The maximum absolute atomic E-state index is 12.9. The SMILES string of the molecule is CCc1nc([C@@H]2CCCN2C(=O)[C@@H]2C[C@H]2c2ccc(C)s2)no1. The fourth-order valence-electron chi connectivity index (χ4n) is 3.49. The Bertz CT molecular complexity index is 723. The maximum Gasteiger partial charge on any atom is 0.226 e. The molecule has 0 spiro atoms. The van der Waals surface area contributed by atoms with Crippen LogP contribution in [0.1, 0.15) is 59.6 Å². The van der Waals surface area contributed by atoms with Crippen LogP contribution in [-0.4, -0.2) is 27.5 Å². The van der Waals surface area contributed by atoms with Gasteiger partial charge in [0.2, 0.25) is 11.8 Å². The lowest BCUT2D eigenvalue weighted by molar-refractivity contribution is -0.133. The van der Waals surface area contributed by atoms with E-state index in [0.29, 0.717) is 17.6 Å². The van der Waals surface area contributed by atoms with Crippen LogP contribution < -0.4 is 0 Å². The molecule has 2 fully saturated rings. The number of likely N-dealkylation sites (tertiary alicyclic amines) is 1. The zero-order valence-corrected chi connectivity index (χ0v) is 14.3. The predicted molar refractivity (Wildman–Crippen MR) is 87.3 cm³/mol. The molecule has 3 atom stereocenters. The van der Waals surface area contributed by atoms with Crippen molar-refractivity contribution in [3.63, 3.8) is 0 Å². The van der Waals surface area contributed by atoms with E-state index in [9.17, 15) is 4.79 Å². The molecule has 1 aliphatic heterocycles. The lowest BCUT2D eigenvalue weighted by Crippen LogP contribution is -2.32. The van der Waals surface area contributed by atoms with Crippen LogP contribution in [0.3, 0.4) is 0 Å². The van der Waals surface area contributed by atoms with Gasteiger partial charge in [0, 0.05) is 34.6 Å². The Balaban J connectivity index is 1.47. The Hall–Kier alpha value is -1.69. The highest BCUT2D eigenvalue weighted by Gasteiger charge is 2.48. The van der Waals surface area contributed by atoms with E-state index in [1.165, 1.54) is 9.75 Å². The molecule has 0 radical (unpaired) electrons. The summed E-state index contributed by atoms with van der Waals surface area (Å²) in [7, 11) is 0. The zero-order chi connectivity index (χ0) is 16.0. The zero-order valence-electron chi connectivity index (χ0n) is 13.5. The predicted octanol–water partition coefficient (Wildman–Crippen LogP) is 3.47. The fraction of sp³-hybridized carbons (Fsp3) is 0.588. The summed E-state index contributed by atoms with van der Waals surface area (Å²) in [6.45, 7) is 4.92. The van der Waals surface area contributed by atoms with E-state index in [1.54, 1.807) is 0 Å². The molecular weight excluding hydrogens is 310 g/mol. The Morgan fingerprint density at radius 1 is 1.48 bits per heavy atom. The molecule has 6 heteroatoms. The van der Waals surface area contributed by atoms with Gasteiger partial charge < -0.3 is 9.42 Å². The molecule has 5 nitrogen and oxygen atoms in total. The number of carbonyl (C=O) groups excluding carboxylic acids is 1. The number of amides is 1. The van der Waals surface area contributed by atoms with E-state index in [2.05, 4.69) is 29.2 Å². The highest BCUT2D eigenvalue weighted by molar-refractivity contribution is 7.12.